The molecule has 6 aromatic rings. The molecule has 10 rings (SSSR count). The lowest BCUT2D eigenvalue weighted by Gasteiger charge is -2.37. The van der Waals surface area contributed by atoms with Gasteiger partial charge in [0.05, 0.1) is 58.8 Å². The van der Waals surface area contributed by atoms with Gasteiger partial charge in [-0.25, -0.2) is 19.2 Å². The van der Waals surface area contributed by atoms with Crippen LogP contribution in [0.4, 0.5) is 21.0 Å². The first kappa shape index (κ1) is 60.7. The van der Waals surface area contributed by atoms with Crippen molar-refractivity contribution in [2.45, 2.75) is 116 Å². The second kappa shape index (κ2) is 25.1. The molecule has 0 radical (unpaired) electrons. The Morgan fingerprint density at radius 3 is 1.21 bits per heavy atom. The number of ether oxygens (including phenoxy) is 8. The predicted molar refractivity (Wildman–Crippen MR) is 314 cm³/mol. The van der Waals surface area contributed by atoms with Gasteiger partial charge in [-0.3, -0.25) is 19.4 Å². The molecular formula is C62H60Cl4N4O14. The molecule has 0 fully saturated rings. The largest absolute Gasteiger partial charge is 0.489 e. The Kier molecular flexibility index (Phi) is 18.2. The van der Waals surface area contributed by atoms with Gasteiger partial charge in [0.2, 0.25) is 12.2 Å². The number of nitrogens with zero attached hydrogens (tertiary/aromatic N) is 2. The van der Waals surface area contributed by atoms with E-state index in [2.05, 4.69) is 10.6 Å². The zero-order chi connectivity index (χ0) is 60.4. The second-order valence-corrected chi connectivity index (χ2v) is 23.8. The number of carbonyl (C=O) groups is 6. The van der Waals surface area contributed by atoms with Crippen molar-refractivity contribution < 1.29 is 66.7 Å². The molecule has 0 bridgehead atoms. The number of esters is 2. The third-order valence-electron chi connectivity index (χ3n) is 13.7. The van der Waals surface area contributed by atoms with Gasteiger partial charge in [0.15, 0.2) is 0 Å². The van der Waals surface area contributed by atoms with Gasteiger partial charge in [-0.1, -0.05) is 82.8 Å². The van der Waals surface area contributed by atoms with E-state index in [1.165, 1.54) is 24.0 Å². The summed E-state index contributed by atoms with van der Waals surface area (Å²) in [6.45, 7) is 11.4. The lowest BCUT2D eigenvalue weighted by molar-refractivity contribution is -0.148. The number of nitrogens with one attached hydrogen (secondary N) is 2. The number of amides is 4. The summed E-state index contributed by atoms with van der Waals surface area (Å²) in [7, 11) is 2.56. The van der Waals surface area contributed by atoms with E-state index >= 15 is 0 Å². The van der Waals surface area contributed by atoms with Crippen LogP contribution in [0.1, 0.15) is 98.3 Å². The Labute approximate surface area is 505 Å². The Bertz CT molecular complexity index is 3300. The molecular weight excluding hydrogens is 1170 g/mol. The van der Waals surface area contributed by atoms with Gasteiger partial charge in [-0.2, -0.15) is 0 Å². The van der Waals surface area contributed by atoms with E-state index < -0.39 is 59.6 Å². The highest BCUT2D eigenvalue weighted by atomic mass is 35.5. The maximum Gasteiger partial charge on any atom is 0.411 e. The Morgan fingerprint density at radius 1 is 0.512 bits per heavy atom. The molecule has 0 saturated carbocycles. The molecule has 4 heterocycles. The van der Waals surface area contributed by atoms with Gasteiger partial charge in [0, 0.05) is 24.0 Å². The van der Waals surface area contributed by atoms with Crippen molar-refractivity contribution in [3.8, 4) is 23.0 Å². The van der Waals surface area contributed by atoms with Crippen LogP contribution in [0.25, 0.3) is 0 Å². The van der Waals surface area contributed by atoms with Crippen LogP contribution in [0.3, 0.4) is 0 Å². The van der Waals surface area contributed by atoms with Gasteiger partial charge < -0.3 is 48.5 Å². The number of halogens is 4. The first-order valence-electron chi connectivity index (χ1n) is 26.6. The molecule has 22 heteroatoms. The summed E-state index contributed by atoms with van der Waals surface area (Å²) in [5.74, 6) is 0.377. The molecule has 0 saturated heterocycles. The number of hydrogen-bond acceptors (Lipinski definition) is 14. The SMILES string of the molecule is COC(=O)[C@@H]1Cc2cc3c(cc2CN1C(=O)OC(C)(C)C)O[C@@H](c1ccc(OCc2ccc(Cl)c(Cl)c2)cc1)C(=O)N3.COC(=O)[C@@H]1Cc2cc3c(cc2CN1C(=O)OC(C)(C)C)O[C@H](c1ccc(OCc2ccc(Cl)c(Cl)c2)cc1)C(=O)N3. The highest BCUT2D eigenvalue weighted by molar-refractivity contribution is 6.42. The zero-order valence-corrected chi connectivity index (χ0v) is 50.1. The van der Waals surface area contributed by atoms with Crippen LogP contribution in [0.5, 0.6) is 23.0 Å². The minimum atomic E-state index is -0.895. The summed E-state index contributed by atoms with van der Waals surface area (Å²) in [5.41, 5.74) is 5.68. The third kappa shape index (κ3) is 14.4. The summed E-state index contributed by atoms with van der Waals surface area (Å²) >= 11 is 24.1. The number of fused-ring (bicyclic) bond motifs is 4. The van der Waals surface area contributed by atoms with Crippen LogP contribution in [-0.2, 0) is 77.3 Å². The van der Waals surface area contributed by atoms with Crippen molar-refractivity contribution in [2.24, 2.45) is 0 Å². The maximum absolute atomic E-state index is 13.0. The molecule has 6 aromatic carbocycles. The number of hydrogen-bond donors (Lipinski definition) is 2. The molecule has 4 aliphatic rings. The van der Waals surface area contributed by atoms with E-state index in [4.69, 9.17) is 84.3 Å². The fourth-order valence-corrected chi connectivity index (χ4v) is 10.2. The summed E-state index contributed by atoms with van der Waals surface area (Å²) < 4.78 is 45.0. The molecule has 0 aromatic heterocycles. The van der Waals surface area contributed by atoms with Crippen LogP contribution in [0.2, 0.25) is 20.1 Å². The number of benzene rings is 6. The van der Waals surface area contributed by atoms with Crippen LogP contribution in [-0.4, -0.2) is 83.2 Å². The average molecular weight is 1230 g/mol. The van der Waals surface area contributed by atoms with Crippen LogP contribution in [0.15, 0.2) is 109 Å². The lowest BCUT2D eigenvalue weighted by atomic mass is 9.92. The van der Waals surface area contributed by atoms with Gasteiger partial charge >= 0.3 is 24.1 Å². The second-order valence-electron chi connectivity index (χ2n) is 22.1. The number of carbonyl (C=O) groups excluding carboxylic acids is 6. The van der Waals surface area contributed by atoms with Gasteiger partial charge in [0.25, 0.3) is 11.8 Å². The van der Waals surface area contributed by atoms with Crippen molar-refractivity contribution in [1.82, 2.24) is 9.80 Å². The monoisotopic (exact) mass is 1220 g/mol. The van der Waals surface area contributed by atoms with Gasteiger partial charge in [-0.15, -0.1) is 0 Å². The van der Waals surface area contributed by atoms with Crippen molar-refractivity contribution >= 4 is 93.7 Å². The quantitative estimate of drug-likeness (QED) is 0.0967. The molecule has 0 spiro atoms. The molecule has 84 heavy (non-hydrogen) atoms. The Balaban J connectivity index is 0.000000202. The minimum Gasteiger partial charge on any atom is -0.489 e. The molecule has 440 valence electrons. The van der Waals surface area contributed by atoms with Crippen molar-refractivity contribution in [3.63, 3.8) is 0 Å². The maximum atomic E-state index is 13.0. The van der Waals surface area contributed by atoms with E-state index in [1.807, 2.05) is 12.1 Å². The van der Waals surface area contributed by atoms with E-state index in [-0.39, 0.29) is 37.7 Å². The van der Waals surface area contributed by atoms with Crippen molar-refractivity contribution in [3.05, 3.63) is 174 Å². The summed E-state index contributed by atoms with van der Waals surface area (Å²) in [6, 6.07) is 30.1. The van der Waals surface area contributed by atoms with E-state index in [9.17, 15) is 28.8 Å². The summed E-state index contributed by atoms with van der Waals surface area (Å²) in [4.78, 5) is 79.9. The van der Waals surface area contributed by atoms with E-state index in [0.29, 0.717) is 78.8 Å². The Morgan fingerprint density at radius 2 is 0.881 bits per heavy atom. The smallest absolute Gasteiger partial charge is 0.411 e. The standard InChI is InChI=1S/2C31H30Cl2N2O7/c2*1-31(2,3)42-30(38)35-15-20-14-26-24(12-19(20)13-25(35)29(37)39-4)34-28(36)27(41-26)18-6-8-21(9-7-18)40-16-17-5-10-22(32)23(33)11-17/h2*5-12,14,25,27H,13,15-16H2,1-4H3,(H,34,36)/t25-,27+;25-,27-/m00/s1. The molecule has 4 atom stereocenters. The Hall–Kier alpha value is -7.90. The van der Waals surface area contributed by atoms with E-state index in [1.54, 1.807) is 139 Å². The van der Waals surface area contributed by atoms with E-state index in [0.717, 1.165) is 33.4 Å². The normalized spacial score (nSPS) is 17.8. The minimum absolute atomic E-state index is 0.115. The molecule has 4 amide bonds. The summed E-state index contributed by atoms with van der Waals surface area (Å²) in [6.07, 6.45) is -2.61. The fourth-order valence-electron chi connectivity index (χ4n) is 9.61. The van der Waals surface area contributed by atoms with Gasteiger partial charge in [0.1, 0.15) is 59.5 Å². The third-order valence-corrected chi connectivity index (χ3v) is 15.2. The highest BCUT2D eigenvalue weighted by Crippen LogP contribution is 2.42. The molecule has 18 nitrogen and oxygen atoms in total. The number of rotatable bonds is 10. The lowest BCUT2D eigenvalue weighted by Crippen LogP contribution is -2.50. The predicted octanol–water partition coefficient (Wildman–Crippen LogP) is 13.0. The zero-order valence-electron chi connectivity index (χ0n) is 47.1. The van der Waals surface area contributed by atoms with Gasteiger partial charge in [-0.05, 0) is 148 Å². The number of anilines is 2. The van der Waals surface area contributed by atoms with Crippen molar-refractivity contribution in [2.75, 3.05) is 24.9 Å². The van der Waals surface area contributed by atoms with Crippen LogP contribution >= 0.6 is 46.4 Å². The fraction of sp³-hybridized carbons (Fsp3) is 0.323. The summed E-state index contributed by atoms with van der Waals surface area (Å²) in [5, 5.41) is 7.69. The molecule has 4 aliphatic heterocycles. The first-order valence-corrected chi connectivity index (χ1v) is 28.1. The average Bonchev–Trinajstić information content (AvgIpc) is 3.65. The molecule has 2 N–H and O–H groups in total. The topological polar surface area (TPSA) is 207 Å². The number of methoxy groups -OCH3 is 2. The van der Waals surface area contributed by atoms with Crippen LogP contribution < -0.4 is 29.6 Å². The molecule has 0 aliphatic carbocycles. The molecule has 0 unspecified atom stereocenters. The highest BCUT2D eigenvalue weighted by Gasteiger charge is 2.42. The van der Waals surface area contributed by atoms with Crippen LogP contribution in [0, 0.1) is 0 Å². The van der Waals surface area contributed by atoms with Crippen molar-refractivity contribution in [1.29, 1.82) is 0 Å². The first-order chi connectivity index (χ1) is 39.8.